The molecule has 1 heterocycles. The zero-order chi connectivity index (χ0) is 19.4. The third-order valence-electron chi connectivity index (χ3n) is 4.68. The van der Waals surface area contributed by atoms with E-state index in [4.69, 9.17) is 4.74 Å². The van der Waals surface area contributed by atoms with Crippen LogP contribution >= 0.6 is 35.3 Å². The van der Waals surface area contributed by atoms with Crippen LogP contribution in [0, 0.1) is 25.6 Å². The van der Waals surface area contributed by atoms with E-state index in [-0.39, 0.29) is 35.8 Å². The van der Waals surface area contributed by atoms with Crippen molar-refractivity contribution >= 4 is 41.3 Å². The lowest BCUT2D eigenvalue weighted by atomic mass is 10.1. The van der Waals surface area contributed by atoms with Gasteiger partial charge in [-0.05, 0) is 57.2 Å². The fourth-order valence-electron chi connectivity index (χ4n) is 2.65. The van der Waals surface area contributed by atoms with Gasteiger partial charge in [-0.1, -0.05) is 6.07 Å². The first-order chi connectivity index (χ1) is 13.0. The molecule has 28 heavy (non-hydrogen) atoms. The minimum Gasteiger partial charge on any atom is -0.490 e. The Morgan fingerprint density at radius 1 is 1.39 bits per heavy atom. The van der Waals surface area contributed by atoms with Crippen molar-refractivity contribution in [1.29, 1.82) is 0 Å². The van der Waals surface area contributed by atoms with Gasteiger partial charge in [0.1, 0.15) is 5.01 Å². The standard InChI is InChI=1S/C20H27FN4OS.HI/c1-12-14(3)27-19(24-12)10-23-20(22-4)25-13(2)16-7-8-18(17(21)9-16)26-11-15-5-6-15;/h7-9,13,15H,5-6,10-11H2,1-4H3,(H2,22,23,25);1H. The molecule has 3 rings (SSSR count). The van der Waals surface area contributed by atoms with Crippen molar-refractivity contribution < 1.29 is 9.13 Å². The summed E-state index contributed by atoms with van der Waals surface area (Å²) >= 11 is 1.68. The van der Waals surface area contributed by atoms with Crippen LogP contribution in [0.1, 0.15) is 46.9 Å². The molecule has 0 aliphatic heterocycles. The molecule has 1 unspecified atom stereocenters. The van der Waals surface area contributed by atoms with E-state index in [0.29, 0.717) is 30.8 Å². The van der Waals surface area contributed by atoms with Gasteiger partial charge in [0.05, 0.1) is 24.9 Å². The lowest BCUT2D eigenvalue weighted by molar-refractivity contribution is 0.285. The number of aromatic nitrogens is 1. The first-order valence-electron chi connectivity index (χ1n) is 9.28. The van der Waals surface area contributed by atoms with Crippen LogP contribution in [-0.4, -0.2) is 24.6 Å². The second kappa shape index (κ2) is 10.4. The number of nitrogens with zero attached hydrogens (tertiary/aromatic N) is 2. The number of aliphatic imine (C=N–C) groups is 1. The SMILES string of the molecule is CN=C(NCc1nc(C)c(C)s1)NC(C)c1ccc(OCC2CC2)c(F)c1.I. The second-order valence-corrected chi connectivity index (χ2v) is 8.27. The normalized spacial score (nSPS) is 15.0. The zero-order valence-electron chi connectivity index (χ0n) is 16.7. The maximum absolute atomic E-state index is 14.3. The molecule has 154 valence electrons. The van der Waals surface area contributed by atoms with Crippen LogP contribution in [0.3, 0.4) is 0 Å². The van der Waals surface area contributed by atoms with Crippen LogP contribution in [0.4, 0.5) is 4.39 Å². The van der Waals surface area contributed by atoms with Gasteiger partial charge in [-0.3, -0.25) is 4.99 Å². The fraction of sp³-hybridized carbons (Fsp3) is 0.500. The molecule has 2 aromatic rings. The van der Waals surface area contributed by atoms with Crippen LogP contribution in [0.15, 0.2) is 23.2 Å². The van der Waals surface area contributed by atoms with Crippen molar-refractivity contribution in [3.63, 3.8) is 0 Å². The van der Waals surface area contributed by atoms with Gasteiger partial charge in [0.15, 0.2) is 17.5 Å². The topological polar surface area (TPSA) is 58.5 Å². The molecule has 5 nitrogen and oxygen atoms in total. The molecule has 1 aromatic carbocycles. The Labute approximate surface area is 187 Å². The van der Waals surface area contributed by atoms with Gasteiger partial charge < -0.3 is 15.4 Å². The van der Waals surface area contributed by atoms with Gasteiger partial charge in [-0.2, -0.15) is 0 Å². The molecule has 8 heteroatoms. The minimum absolute atomic E-state index is 0. The molecule has 1 aliphatic carbocycles. The summed E-state index contributed by atoms with van der Waals surface area (Å²) in [7, 11) is 1.72. The predicted octanol–water partition coefficient (Wildman–Crippen LogP) is 4.73. The maximum Gasteiger partial charge on any atom is 0.191 e. The fourth-order valence-corrected chi connectivity index (χ4v) is 3.53. The predicted molar refractivity (Wildman–Crippen MR) is 123 cm³/mol. The van der Waals surface area contributed by atoms with Crippen molar-refractivity contribution in [3.05, 3.63) is 45.2 Å². The number of nitrogens with one attached hydrogen (secondary N) is 2. The highest BCUT2D eigenvalue weighted by atomic mass is 127. The highest BCUT2D eigenvalue weighted by Crippen LogP contribution is 2.30. The molecule has 0 saturated heterocycles. The molecule has 1 aromatic heterocycles. The summed E-state index contributed by atoms with van der Waals surface area (Å²) in [4.78, 5) is 9.99. The average Bonchev–Trinajstić information content (AvgIpc) is 3.42. The Morgan fingerprint density at radius 2 is 2.14 bits per heavy atom. The van der Waals surface area contributed by atoms with E-state index in [1.165, 1.54) is 23.8 Å². The van der Waals surface area contributed by atoms with E-state index in [0.717, 1.165) is 16.3 Å². The van der Waals surface area contributed by atoms with Gasteiger partial charge >= 0.3 is 0 Å². The molecule has 0 bridgehead atoms. The van der Waals surface area contributed by atoms with Gasteiger partial charge in [0.25, 0.3) is 0 Å². The van der Waals surface area contributed by atoms with E-state index < -0.39 is 0 Å². The van der Waals surface area contributed by atoms with E-state index in [1.54, 1.807) is 24.5 Å². The number of hydrogen-bond acceptors (Lipinski definition) is 4. The van der Waals surface area contributed by atoms with Crippen molar-refractivity contribution in [2.24, 2.45) is 10.9 Å². The Kier molecular flexibility index (Phi) is 8.48. The molecular formula is C20H28FIN4OS. The average molecular weight is 518 g/mol. The molecule has 1 saturated carbocycles. The number of hydrogen-bond donors (Lipinski definition) is 2. The van der Waals surface area contributed by atoms with E-state index in [2.05, 4.69) is 27.5 Å². The lowest BCUT2D eigenvalue weighted by Crippen LogP contribution is -2.38. The Morgan fingerprint density at radius 3 is 2.71 bits per heavy atom. The quantitative estimate of drug-likeness (QED) is 0.316. The monoisotopic (exact) mass is 518 g/mol. The van der Waals surface area contributed by atoms with Crippen LogP contribution in [0.5, 0.6) is 5.75 Å². The molecule has 1 fully saturated rings. The highest BCUT2D eigenvalue weighted by molar-refractivity contribution is 14.0. The first kappa shape index (κ1) is 22.9. The summed E-state index contributed by atoms with van der Waals surface area (Å²) in [5.41, 5.74) is 1.91. The lowest BCUT2D eigenvalue weighted by Gasteiger charge is -2.18. The second-order valence-electron chi connectivity index (χ2n) is 6.99. The zero-order valence-corrected chi connectivity index (χ0v) is 19.9. The summed E-state index contributed by atoms with van der Waals surface area (Å²) in [5.74, 6) is 1.26. The van der Waals surface area contributed by atoms with Crippen LogP contribution in [0.2, 0.25) is 0 Å². The Hall–Kier alpha value is -1.42. The number of thiazole rings is 1. The molecular weight excluding hydrogens is 490 g/mol. The van der Waals surface area contributed by atoms with Gasteiger partial charge in [-0.15, -0.1) is 35.3 Å². The number of rotatable bonds is 7. The van der Waals surface area contributed by atoms with Crippen molar-refractivity contribution in [2.75, 3.05) is 13.7 Å². The van der Waals surface area contributed by atoms with Crippen molar-refractivity contribution in [3.8, 4) is 5.75 Å². The summed E-state index contributed by atoms with van der Waals surface area (Å²) in [6.07, 6.45) is 2.37. The van der Waals surface area contributed by atoms with Gasteiger partial charge in [0.2, 0.25) is 0 Å². The van der Waals surface area contributed by atoms with Crippen molar-refractivity contribution in [2.45, 2.75) is 46.2 Å². The number of halogens is 2. The van der Waals surface area contributed by atoms with Crippen molar-refractivity contribution in [1.82, 2.24) is 15.6 Å². The summed E-state index contributed by atoms with van der Waals surface area (Å²) in [5, 5.41) is 7.57. The maximum atomic E-state index is 14.3. The Balaban J connectivity index is 0.00000280. The molecule has 1 atom stereocenters. The van der Waals surface area contributed by atoms with E-state index in [1.807, 2.05) is 19.9 Å². The number of benzene rings is 1. The minimum atomic E-state index is -0.321. The van der Waals surface area contributed by atoms with Crippen LogP contribution < -0.4 is 15.4 Å². The first-order valence-corrected chi connectivity index (χ1v) is 10.1. The smallest absolute Gasteiger partial charge is 0.191 e. The summed E-state index contributed by atoms with van der Waals surface area (Å²) < 4.78 is 19.9. The van der Waals surface area contributed by atoms with Crippen LogP contribution in [-0.2, 0) is 6.54 Å². The number of aryl methyl sites for hydroxylation is 2. The molecule has 1 aliphatic rings. The van der Waals surface area contributed by atoms with E-state index in [9.17, 15) is 4.39 Å². The van der Waals surface area contributed by atoms with Crippen LogP contribution in [0.25, 0.3) is 0 Å². The van der Waals surface area contributed by atoms with Gasteiger partial charge in [-0.25, -0.2) is 9.37 Å². The number of ether oxygens (including phenoxy) is 1. The molecule has 2 N–H and O–H groups in total. The van der Waals surface area contributed by atoms with Gasteiger partial charge in [0, 0.05) is 11.9 Å². The molecule has 0 spiro atoms. The Bertz CT molecular complexity index is 803. The highest BCUT2D eigenvalue weighted by Gasteiger charge is 2.22. The van der Waals surface area contributed by atoms with E-state index >= 15 is 0 Å². The summed E-state index contributed by atoms with van der Waals surface area (Å²) in [6, 6.07) is 5.04. The molecule has 0 radical (unpaired) electrons. The molecule has 0 amide bonds. The third kappa shape index (κ3) is 6.30. The number of guanidine groups is 1. The third-order valence-corrected chi connectivity index (χ3v) is 5.76. The largest absolute Gasteiger partial charge is 0.490 e. The summed E-state index contributed by atoms with van der Waals surface area (Å²) in [6.45, 7) is 7.27.